The Morgan fingerprint density at radius 1 is 0.974 bits per heavy atom. The summed E-state index contributed by atoms with van der Waals surface area (Å²) < 4.78 is 31.2. The van der Waals surface area contributed by atoms with Crippen LogP contribution in [0.1, 0.15) is 68.7 Å². The molecule has 3 aromatic rings. The van der Waals surface area contributed by atoms with Crippen molar-refractivity contribution in [3.8, 4) is 16.9 Å². The van der Waals surface area contributed by atoms with E-state index < -0.39 is 15.9 Å². The molecule has 1 fully saturated rings. The van der Waals surface area contributed by atoms with E-state index in [1.54, 1.807) is 18.2 Å². The van der Waals surface area contributed by atoms with Gasteiger partial charge in [-0.3, -0.25) is 9.59 Å². The van der Waals surface area contributed by atoms with Gasteiger partial charge in [-0.2, -0.15) is 0 Å². The summed E-state index contributed by atoms with van der Waals surface area (Å²) in [7, 11) is -3.65. The Hall–Kier alpha value is -3.45. The Labute approximate surface area is 224 Å². The SMILES string of the molecule is Cc1c(OCc2cccc(-c3cccc(C(=O)NS(C)(=O)=O)c3)c2)cc2c(c1C)C(=O)C(C1CCCC1)C2. The Kier molecular flexibility index (Phi) is 7.14. The maximum atomic E-state index is 13.3. The molecule has 2 aliphatic rings. The molecular weight excluding hydrogens is 498 g/mol. The number of amides is 1. The van der Waals surface area contributed by atoms with E-state index in [-0.39, 0.29) is 11.5 Å². The van der Waals surface area contributed by atoms with Crippen molar-refractivity contribution in [1.82, 2.24) is 4.72 Å². The fraction of sp³-hybridized carbons (Fsp3) is 0.355. The number of fused-ring (bicyclic) bond motifs is 1. The number of nitrogens with one attached hydrogen (secondary N) is 1. The predicted octanol–water partition coefficient (Wildman–Crippen LogP) is 5.78. The molecule has 0 aliphatic heterocycles. The van der Waals surface area contributed by atoms with Crippen LogP contribution in [-0.2, 0) is 23.1 Å². The van der Waals surface area contributed by atoms with Gasteiger partial charge in [0.25, 0.3) is 5.91 Å². The molecule has 1 saturated carbocycles. The lowest BCUT2D eigenvalue weighted by molar-refractivity contribution is 0.0893. The van der Waals surface area contributed by atoms with Crippen molar-refractivity contribution in [2.45, 2.75) is 52.6 Å². The topological polar surface area (TPSA) is 89.5 Å². The van der Waals surface area contributed by atoms with Crippen LogP contribution >= 0.6 is 0 Å². The first-order valence-electron chi connectivity index (χ1n) is 13.1. The summed E-state index contributed by atoms with van der Waals surface area (Å²) in [5.41, 5.74) is 6.98. The third-order valence-corrected chi connectivity index (χ3v) is 8.54. The third kappa shape index (κ3) is 5.39. The molecule has 0 spiro atoms. The Morgan fingerprint density at radius 2 is 1.66 bits per heavy atom. The summed E-state index contributed by atoms with van der Waals surface area (Å²) in [6.07, 6.45) is 6.55. The van der Waals surface area contributed by atoms with Gasteiger partial charge in [0.2, 0.25) is 10.0 Å². The molecule has 0 radical (unpaired) electrons. The lowest BCUT2D eigenvalue weighted by Gasteiger charge is -2.16. The largest absolute Gasteiger partial charge is 0.489 e. The smallest absolute Gasteiger partial charge is 0.264 e. The van der Waals surface area contributed by atoms with E-state index >= 15 is 0 Å². The van der Waals surface area contributed by atoms with Crippen molar-refractivity contribution in [3.05, 3.63) is 88.0 Å². The first-order chi connectivity index (χ1) is 18.1. The molecule has 7 heteroatoms. The van der Waals surface area contributed by atoms with Gasteiger partial charge in [0.1, 0.15) is 12.4 Å². The lowest BCUT2D eigenvalue weighted by atomic mass is 9.87. The quantitative estimate of drug-likeness (QED) is 0.417. The average molecular weight is 532 g/mol. The van der Waals surface area contributed by atoms with Crippen LogP contribution in [0.3, 0.4) is 0 Å². The average Bonchev–Trinajstić information content (AvgIpc) is 3.52. The number of rotatable bonds is 7. The maximum absolute atomic E-state index is 13.3. The van der Waals surface area contributed by atoms with Gasteiger partial charge in [-0.05, 0) is 96.7 Å². The molecule has 6 nitrogen and oxygen atoms in total. The van der Waals surface area contributed by atoms with Gasteiger partial charge < -0.3 is 4.74 Å². The van der Waals surface area contributed by atoms with Gasteiger partial charge >= 0.3 is 0 Å². The first-order valence-corrected chi connectivity index (χ1v) is 15.0. The van der Waals surface area contributed by atoms with E-state index in [2.05, 4.69) is 6.07 Å². The number of ether oxygens (including phenoxy) is 1. The Balaban J connectivity index is 1.33. The van der Waals surface area contributed by atoms with Crippen LogP contribution in [0.4, 0.5) is 0 Å². The normalized spacial score (nSPS) is 17.4. The van der Waals surface area contributed by atoms with Gasteiger partial charge in [-0.1, -0.05) is 43.2 Å². The maximum Gasteiger partial charge on any atom is 0.264 e. The summed E-state index contributed by atoms with van der Waals surface area (Å²) in [5.74, 6) is 1.10. The second-order valence-corrected chi connectivity index (χ2v) is 12.4. The van der Waals surface area contributed by atoms with E-state index in [0.29, 0.717) is 18.3 Å². The molecule has 0 bridgehead atoms. The summed E-state index contributed by atoms with van der Waals surface area (Å²) >= 11 is 0. The number of carbonyl (C=O) groups is 2. The van der Waals surface area contributed by atoms with Gasteiger partial charge in [-0.25, -0.2) is 13.1 Å². The van der Waals surface area contributed by atoms with E-state index in [0.717, 1.165) is 70.2 Å². The molecule has 1 amide bonds. The lowest BCUT2D eigenvalue weighted by Crippen LogP contribution is -2.29. The monoisotopic (exact) mass is 531 g/mol. The molecule has 1 N–H and O–H groups in total. The summed E-state index contributed by atoms with van der Waals surface area (Å²) in [6, 6.07) is 16.8. The molecule has 2 aliphatic carbocycles. The zero-order chi connectivity index (χ0) is 27.0. The van der Waals surface area contributed by atoms with E-state index in [1.165, 1.54) is 12.8 Å². The van der Waals surface area contributed by atoms with Crippen LogP contribution in [0, 0.1) is 25.7 Å². The van der Waals surface area contributed by atoms with Crippen LogP contribution < -0.4 is 9.46 Å². The summed E-state index contributed by atoms with van der Waals surface area (Å²) in [6.45, 7) is 4.41. The zero-order valence-electron chi connectivity index (χ0n) is 22.0. The molecule has 1 atom stereocenters. The standard InChI is InChI=1S/C31H33NO5S/c1-19-20(2)29-26(16-27(30(29)33)22-9-4-5-10-22)17-28(19)37-18-21-8-6-11-23(14-21)24-12-7-13-25(15-24)31(34)32-38(3,35)36/h6-8,11-15,17,22,27H,4-5,9-10,16,18H2,1-3H3,(H,32,34). The van der Waals surface area contributed by atoms with Crippen molar-refractivity contribution < 1.29 is 22.7 Å². The number of benzene rings is 3. The van der Waals surface area contributed by atoms with Crippen molar-refractivity contribution >= 4 is 21.7 Å². The number of Topliss-reactive ketones (excluding diaryl/α,β-unsaturated/α-hetero) is 1. The number of carbonyl (C=O) groups excluding carboxylic acids is 2. The highest BCUT2D eigenvalue weighted by atomic mass is 32.2. The molecule has 38 heavy (non-hydrogen) atoms. The molecule has 1 unspecified atom stereocenters. The van der Waals surface area contributed by atoms with Gasteiger partial charge in [0.05, 0.1) is 6.26 Å². The fourth-order valence-electron chi connectivity index (χ4n) is 5.93. The Bertz CT molecular complexity index is 1520. The predicted molar refractivity (Wildman–Crippen MR) is 148 cm³/mol. The minimum Gasteiger partial charge on any atom is -0.489 e. The highest BCUT2D eigenvalue weighted by Crippen LogP contribution is 2.43. The minimum absolute atomic E-state index is 0.118. The first kappa shape index (κ1) is 26.2. The van der Waals surface area contributed by atoms with E-state index in [1.807, 2.05) is 48.9 Å². The molecular formula is C31H33NO5S. The van der Waals surface area contributed by atoms with Crippen molar-refractivity contribution in [2.24, 2.45) is 11.8 Å². The summed E-state index contributed by atoms with van der Waals surface area (Å²) in [4.78, 5) is 25.6. The highest BCUT2D eigenvalue weighted by Gasteiger charge is 2.39. The van der Waals surface area contributed by atoms with E-state index in [9.17, 15) is 18.0 Å². The van der Waals surface area contributed by atoms with Crippen molar-refractivity contribution in [3.63, 3.8) is 0 Å². The Morgan fingerprint density at radius 3 is 2.37 bits per heavy atom. The second-order valence-electron chi connectivity index (χ2n) is 10.7. The number of sulfonamides is 1. The number of hydrogen-bond acceptors (Lipinski definition) is 5. The zero-order valence-corrected chi connectivity index (χ0v) is 22.9. The van der Waals surface area contributed by atoms with Crippen LogP contribution in [-0.4, -0.2) is 26.4 Å². The minimum atomic E-state index is -3.65. The van der Waals surface area contributed by atoms with Crippen LogP contribution in [0.2, 0.25) is 0 Å². The molecule has 0 aromatic heterocycles. The fourth-order valence-corrected chi connectivity index (χ4v) is 6.38. The van der Waals surface area contributed by atoms with Gasteiger partial charge in [0, 0.05) is 17.0 Å². The summed E-state index contributed by atoms with van der Waals surface area (Å²) in [5, 5.41) is 0. The van der Waals surface area contributed by atoms with Gasteiger partial charge in [0.15, 0.2) is 5.78 Å². The molecule has 0 saturated heterocycles. The molecule has 198 valence electrons. The van der Waals surface area contributed by atoms with Crippen LogP contribution in [0.15, 0.2) is 54.6 Å². The second kappa shape index (κ2) is 10.4. The van der Waals surface area contributed by atoms with Crippen molar-refractivity contribution in [2.75, 3.05) is 6.26 Å². The third-order valence-electron chi connectivity index (χ3n) is 7.98. The van der Waals surface area contributed by atoms with Crippen LogP contribution in [0.5, 0.6) is 5.75 Å². The molecule has 3 aromatic carbocycles. The highest BCUT2D eigenvalue weighted by molar-refractivity contribution is 7.89. The van der Waals surface area contributed by atoms with Crippen molar-refractivity contribution in [1.29, 1.82) is 0 Å². The molecule has 0 heterocycles. The van der Waals surface area contributed by atoms with Crippen LogP contribution in [0.25, 0.3) is 11.1 Å². The van der Waals surface area contributed by atoms with Gasteiger partial charge in [-0.15, -0.1) is 0 Å². The number of ketones is 1. The number of hydrogen-bond donors (Lipinski definition) is 1. The molecule has 5 rings (SSSR count). The van der Waals surface area contributed by atoms with E-state index in [4.69, 9.17) is 4.74 Å².